The molecule has 4 rings (SSSR count). The Labute approximate surface area is 174 Å². The summed E-state index contributed by atoms with van der Waals surface area (Å²) < 4.78 is 0. The van der Waals surface area contributed by atoms with E-state index in [2.05, 4.69) is 95.3 Å². The highest BCUT2D eigenvalue weighted by Gasteiger charge is 2.25. The van der Waals surface area contributed by atoms with Gasteiger partial charge in [-0.25, -0.2) is 9.80 Å². The molecule has 2 aliphatic rings. The Kier molecular flexibility index (Phi) is 8.20. The first-order valence-electron chi connectivity index (χ1n) is 8.97. The van der Waals surface area contributed by atoms with E-state index in [9.17, 15) is 0 Å². The van der Waals surface area contributed by atoms with E-state index in [-0.39, 0.29) is 24.8 Å². The van der Waals surface area contributed by atoms with Gasteiger partial charge < -0.3 is 34.6 Å². The van der Waals surface area contributed by atoms with Gasteiger partial charge in [0, 0.05) is 13.1 Å². The van der Waals surface area contributed by atoms with E-state index in [0.717, 1.165) is 33.1 Å². The van der Waals surface area contributed by atoms with Gasteiger partial charge >= 0.3 is 0 Å². The first-order valence-corrected chi connectivity index (χ1v) is 8.97. The maximum atomic E-state index is 2.39. The Balaban J connectivity index is 0.00000131. The van der Waals surface area contributed by atoms with E-state index in [0.29, 0.717) is 0 Å². The van der Waals surface area contributed by atoms with Crippen LogP contribution in [0.5, 0.6) is 0 Å². The molecule has 6 heteroatoms. The van der Waals surface area contributed by atoms with Crippen molar-refractivity contribution in [1.29, 1.82) is 0 Å². The highest BCUT2D eigenvalue weighted by Crippen LogP contribution is 2.05. The third-order valence-corrected chi connectivity index (χ3v) is 4.77. The Morgan fingerprint density at radius 1 is 0.630 bits per heavy atom. The van der Waals surface area contributed by atoms with Crippen LogP contribution in [0.1, 0.15) is 11.1 Å². The highest BCUT2D eigenvalue weighted by atomic mass is 35.5. The van der Waals surface area contributed by atoms with Crippen molar-refractivity contribution in [1.82, 2.24) is 9.80 Å². The predicted molar refractivity (Wildman–Crippen MR) is 98.8 cm³/mol. The molecule has 0 radical (unpaired) electrons. The summed E-state index contributed by atoms with van der Waals surface area (Å²) in [6, 6.07) is 21.4. The Hall–Kier alpha value is -1.98. The number of quaternary nitrogens is 2. The zero-order valence-corrected chi connectivity index (χ0v) is 16.8. The molecule has 2 atom stereocenters. The van der Waals surface area contributed by atoms with E-state index >= 15 is 0 Å². The van der Waals surface area contributed by atoms with Crippen molar-refractivity contribution in [2.45, 2.75) is 13.1 Å². The molecule has 0 spiro atoms. The van der Waals surface area contributed by atoms with E-state index in [4.69, 9.17) is 0 Å². The maximum absolute atomic E-state index is 2.39. The van der Waals surface area contributed by atoms with Gasteiger partial charge in [0.1, 0.15) is 12.4 Å². The van der Waals surface area contributed by atoms with Gasteiger partial charge in [-0.3, -0.25) is 0 Å². The second-order valence-corrected chi connectivity index (χ2v) is 6.91. The van der Waals surface area contributed by atoms with Gasteiger partial charge in [-0.2, -0.15) is 0 Å². The summed E-state index contributed by atoms with van der Waals surface area (Å²) in [5.41, 5.74) is 2.74. The number of halogens is 2. The molecule has 2 aliphatic heterocycles. The van der Waals surface area contributed by atoms with Gasteiger partial charge in [-0.1, -0.05) is 60.7 Å². The van der Waals surface area contributed by atoms with Gasteiger partial charge in [0.15, 0.2) is 13.3 Å². The summed E-state index contributed by atoms with van der Waals surface area (Å²) in [5, 5.41) is 0. The molecule has 2 N–H and O–H groups in total. The quantitative estimate of drug-likeness (QED) is 0.499. The number of rotatable bonds is 6. The van der Waals surface area contributed by atoms with Crippen LogP contribution in [-0.2, 0) is 13.1 Å². The molecule has 27 heavy (non-hydrogen) atoms. The van der Waals surface area contributed by atoms with E-state index in [1.54, 1.807) is 0 Å². The fourth-order valence-corrected chi connectivity index (χ4v) is 3.53. The van der Waals surface area contributed by atoms with E-state index in [1.807, 2.05) is 0 Å². The van der Waals surface area contributed by atoms with Crippen molar-refractivity contribution in [3.05, 3.63) is 96.6 Å². The summed E-state index contributed by atoms with van der Waals surface area (Å²) in [4.78, 5) is 7.81. The molecule has 2 unspecified atom stereocenters. The number of benzene rings is 2. The minimum Gasteiger partial charge on any atom is -1.00 e. The van der Waals surface area contributed by atoms with Gasteiger partial charge in [-0.05, 0) is 11.1 Å². The van der Waals surface area contributed by atoms with Crippen LogP contribution in [0.2, 0.25) is 0 Å². The lowest BCUT2D eigenvalue weighted by Crippen LogP contribution is -3.27. The fraction of sp³-hybridized carbons (Fsp3) is 0.238. The number of hydrogen-bond donors (Lipinski definition) is 2. The molecule has 0 bridgehead atoms. The van der Waals surface area contributed by atoms with Crippen LogP contribution < -0.4 is 34.6 Å². The van der Waals surface area contributed by atoms with Crippen LogP contribution in [0.3, 0.4) is 0 Å². The molecule has 4 nitrogen and oxygen atoms in total. The fourth-order valence-electron chi connectivity index (χ4n) is 3.53. The predicted octanol–water partition coefficient (Wildman–Crippen LogP) is -5.39. The molecule has 144 valence electrons. The summed E-state index contributed by atoms with van der Waals surface area (Å²) in [6.45, 7) is 5.16. The van der Waals surface area contributed by atoms with Crippen LogP contribution in [0.4, 0.5) is 0 Å². The lowest BCUT2D eigenvalue weighted by molar-refractivity contribution is -1.04. The number of nitrogens with one attached hydrogen (secondary N) is 2. The van der Waals surface area contributed by atoms with Crippen molar-refractivity contribution in [2.75, 3.05) is 20.0 Å². The summed E-state index contributed by atoms with van der Waals surface area (Å²) >= 11 is 0. The molecular formula is C21H26Cl2N4. The Morgan fingerprint density at radius 3 is 1.44 bits per heavy atom. The highest BCUT2D eigenvalue weighted by molar-refractivity contribution is 5.15. The lowest BCUT2D eigenvalue weighted by Gasteiger charge is -2.20. The van der Waals surface area contributed by atoms with Gasteiger partial charge in [0.05, 0.1) is 12.4 Å². The maximum Gasteiger partial charge on any atom is 0.215 e. The molecule has 0 aromatic heterocycles. The molecule has 0 amide bonds. The first kappa shape index (κ1) is 21.3. The largest absolute Gasteiger partial charge is 1.00 e. The molecule has 0 saturated carbocycles. The molecule has 0 aliphatic carbocycles. The van der Waals surface area contributed by atoms with E-state index in [1.165, 1.54) is 20.9 Å². The van der Waals surface area contributed by atoms with Crippen LogP contribution in [0.15, 0.2) is 85.5 Å². The van der Waals surface area contributed by atoms with Crippen molar-refractivity contribution >= 4 is 0 Å². The topological polar surface area (TPSA) is 15.4 Å². The molecule has 0 fully saturated rings. The van der Waals surface area contributed by atoms with Crippen LogP contribution >= 0.6 is 0 Å². The summed E-state index contributed by atoms with van der Waals surface area (Å²) in [6.07, 6.45) is 9.07. The molecule has 0 saturated heterocycles. The van der Waals surface area contributed by atoms with Crippen LogP contribution in [0, 0.1) is 0 Å². The Bertz CT molecular complexity index is 673. The molecule has 2 heterocycles. The van der Waals surface area contributed by atoms with Crippen molar-refractivity contribution in [3.8, 4) is 0 Å². The van der Waals surface area contributed by atoms with Crippen molar-refractivity contribution < 1.29 is 34.6 Å². The third-order valence-electron chi connectivity index (χ3n) is 4.77. The third kappa shape index (κ3) is 6.01. The summed E-state index contributed by atoms with van der Waals surface area (Å²) in [7, 11) is 0. The van der Waals surface area contributed by atoms with E-state index < -0.39 is 0 Å². The second kappa shape index (κ2) is 10.4. The average molecular weight is 405 g/mol. The molecular weight excluding hydrogens is 379 g/mol. The summed E-state index contributed by atoms with van der Waals surface area (Å²) in [5.74, 6) is 0. The molecule has 2 aromatic carbocycles. The normalized spacial score (nSPS) is 20.4. The minimum atomic E-state index is 0. The van der Waals surface area contributed by atoms with Gasteiger partial charge in [0.25, 0.3) is 0 Å². The van der Waals surface area contributed by atoms with Crippen molar-refractivity contribution in [2.24, 2.45) is 0 Å². The second-order valence-electron chi connectivity index (χ2n) is 6.91. The van der Waals surface area contributed by atoms with Crippen LogP contribution in [0.25, 0.3) is 0 Å². The minimum absolute atomic E-state index is 0. The zero-order valence-electron chi connectivity index (χ0n) is 15.3. The monoisotopic (exact) mass is 404 g/mol. The Morgan fingerprint density at radius 2 is 1.04 bits per heavy atom. The SMILES string of the molecule is C1=C[NH+](C[NH+]2C=CN(Cc3ccccc3)C2)CN1Cc1ccccc1.[Cl-].[Cl-]. The zero-order chi connectivity index (χ0) is 16.9. The standard InChI is InChI=1S/C21H24N4.2ClH/c1-3-7-20(8-4-1)15-22-11-13-24(17-22)19-25-14-12-23(18-25)16-21-9-5-2-6-10-21;;/h1-14H,15-19H2;2*1H. The molecule has 2 aromatic rings. The van der Waals surface area contributed by atoms with Gasteiger partial charge in [-0.15, -0.1) is 0 Å². The average Bonchev–Trinajstić information content (AvgIpc) is 3.27. The smallest absolute Gasteiger partial charge is 0.215 e. The van der Waals surface area contributed by atoms with Crippen molar-refractivity contribution in [3.63, 3.8) is 0 Å². The van der Waals surface area contributed by atoms with Crippen LogP contribution in [-0.4, -0.2) is 29.8 Å². The lowest BCUT2D eigenvalue weighted by atomic mass is 10.2. The van der Waals surface area contributed by atoms with Gasteiger partial charge in [0.2, 0.25) is 6.67 Å². The number of hydrogen-bond acceptors (Lipinski definition) is 2. The number of nitrogens with zero attached hydrogens (tertiary/aromatic N) is 2. The first-order chi connectivity index (χ1) is 12.3.